The molecule has 0 N–H and O–H groups in total. The Labute approximate surface area is 238 Å². The van der Waals surface area contributed by atoms with Crippen LogP contribution in [0.5, 0.6) is 0 Å². The minimum Gasteiger partial charge on any atom is -0.462 e. The van der Waals surface area contributed by atoms with E-state index in [0.717, 1.165) is 0 Å². The molecule has 1 atom stereocenters. The monoisotopic (exact) mass is 768 g/mol. The molecule has 0 rings (SSSR count). The van der Waals surface area contributed by atoms with Crippen LogP contribution in [0, 0.1) is 0 Å². The Bertz CT molecular complexity index is 1160. The second-order valence-corrected chi connectivity index (χ2v) is 8.65. The topological polar surface area (TPSA) is 26.3 Å². The number of carbonyl (C=O) groups is 1. The Morgan fingerprint density at radius 3 is 0.957 bits per heavy atom. The number of rotatable bonds is 14. The van der Waals surface area contributed by atoms with Crippen molar-refractivity contribution in [2.75, 3.05) is 6.61 Å². The highest BCUT2D eigenvalue weighted by molar-refractivity contribution is 5.81. The van der Waals surface area contributed by atoms with E-state index in [1.165, 1.54) is 0 Å². The van der Waals surface area contributed by atoms with Gasteiger partial charge in [0, 0.05) is 6.08 Å². The third kappa shape index (κ3) is 5.66. The van der Waals surface area contributed by atoms with Crippen molar-refractivity contribution in [1.29, 1.82) is 0 Å². The molecule has 0 aliphatic heterocycles. The van der Waals surface area contributed by atoms with E-state index in [1.807, 2.05) is 0 Å². The van der Waals surface area contributed by atoms with Crippen LogP contribution in [0.1, 0.15) is 6.42 Å². The fourth-order valence-corrected chi connectivity index (χ4v) is 2.88. The lowest BCUT2D eigenvalue weighted by atomic mass is 9.78. The first-order valence-corrected chi connectivity index (χ1v) is 10.3. The molecule has 0 saturated carbocycles. The van der Waals surface area contributed by atoms with E-state index < -0.39 is 96.2 Å². The average Bonchev–Trinajstić information content (AvgIpc) is 2.85. The molecule has 0 radical (unpaired) electrons. The number of ether oxygens (including phenoxy) is 1. The highest BCUT2D eigenvalue weighted by Crippen LogP contribution is 2.69. The maximum atomic E-state index is 14.5. The molecule has 280 valence electrons. The predicted octanol–water partition coefficient (Wildman–Crippen LogP) is 9.29. The summed E-state index contributed by atoms with van der Waals surface area (Å²) in [5.74, 6) is -94.8. The minimum atomic E-state index is -9.91. The van der Waals surface area contributed by atoms with Crippen molar-refractivity contribution in [3.05, 3.63) is 12.7 Å². The zero-order valence-corrected chi connectivity index (χ0v) is 20.7. The summed E-state index contributed by atoms with van der Waals surface area (Å²) in [6, 6.07) is 0. The van der Waals surface area contributed by atoms with Crippen LogP contribution in [0.3, 0.4) is 0 Å². The molecule has 0 aliphatic rings. The van der Waals surface area contributed by atoms with Crippen LogP contribution in [-0.2, 0) is 9.53 Å². The number of hydrogen-bond acceptors (Lipinski definition) is 2. The summed E-state index contributed by atoms with van der Waals surface area (Å²) < 4.78 is 367. The predicted molar refractivity (Wildman–Crippen MR) is 91.2 cm³/mol. The first-order valence-electron chi connectivity index (χ1n) is 10.3. The third-order valence-corrected chi connectivity index (χ3v) is 5.66. The van der Waals surface area contributed by atoms with Gasteiger partial charge in [-0.05, 0) is 0 Å². The Morgan fingerprint density at radius 1 is 0.426 bits per heavy atom. The molecule has 0 amide bonds. The van der Waals surface area contributed by atoms with Gasteiger partial charge in [0.2, 0.25) is 0 Å². The zero-order valence-electron chi connectivity index (χ0n) is 20.7. The van der Waals surface area contributed by atoms with Crippen LogP contribution < -0.4 is 0 Å². The smallest absolute Gasteiger partial charge is 0.460 e. The van der Waals surface area contributed by atoms with Gasteiger partial charge in [-0.2, -0.15) is 114 Å². The van der Waals surface area contributed by atoms with Crippen molar-refractivity contribution in [1.82, 2.24) is 0 Å². The summed E-state index contributed by atoms with van der Waals surface area (Å²) in [5, 5.41) is 0. The van der Waals surface area contributed by atoms with Crippen LogP contribution in [0.4, 0.5) is 119 Å². The normalized spacial score (nSPS) is 17.3. The molecule has 29 heteroatoms. The molecule has 0 saturated heterocycles. The van der Waals surface area contributed by atoms with Crippen molar-refractivity contribution in [2.45, 2.75) is 83.7 Å². The third-order valence-electron chi connectivity index (χ3n) is 5.66. The summed E-state index contributed by atoms with van der Waals surface area (Å²) >= 11 is 0. The first-order chi connectivity index (χ1) is 20.0. The molecule has 0 heterocycles. The fourth-order valence-electron chi connectivity index (χ4n) is 2.88. The molecular weight excluding hydrogens is 761 g/mol. The Hall–Kier alpha value is -2.68. The summed E-state index contributed by atoms with van der Waals surface area (Å²) in [6.45, 7) is 0.0411. The van der Waals surface area contributed by atoms with E-state index >= 15 is 0 Å². The van der Waals surface area contributed by atoms with Gasteiger partial charge in [0.1, 0.15) is 0 Å². The molecule has 47 heavy (non-hydrogen) atoms. The van der Waals surface area contributed by atoms with Crippen molar-refractivity contribution < 1.29 is 128 Å². The van der Waals surface area contributed by atoms with Crippen LogP contribution >= 0.6 is 0 Å². The number of esters is 1. The number of alkyl halides is 27. The van der Waals surface area contributed by atoms with Gasteiger partial charge in [0.25, 0.3) is 0 Å². The Balaban J connectivity index is 7.63. The molecule has 2 nitrogen and oxygen atoms in total. The molecule has 0 aliphatic carbocycles. The van der Waals surface area contributed by atoms with E-state index in [0.29, 0.717) is 0 Å². The highest BCUT2D eigenvalue weighted by Gasteiger charge is 3.01. The SMILES string of the molecule is C=CC(=O)OCCC(F)(F)C(F)(F)C(F)(C(F)(F)F)C(F)(F)C(F)(F)C(F)(F)C(F)(F)C(F)(F)C(F)(F)C(F)(F)C(F)(F)C(F)(F)F. The quantitative estimate of drug-likeness (QED) is 0.100. The molecule has 0 fully saturated rings. The molecule has 0 bridgehead atoms. The van der Waals surface area contributed by atoms with Crippen molar-refractivity contribution >= 4 is 5.97 Å². The van der Waals surface area contributed by atoms with E-state index in [2.05, 4.69) is 11.3 Å². The zero-order chi connectivity index (χ0) is 38.9. The Morgan fingerprint density at radius 2 is 0.702 bits per heavy atom. The number of hydrogen-bond donors (Lipinski definition) is 0. The summed E-state index contributed by atoms with van der Waals surface area (Å²) in [5.41, 5.74) is -9.47. The average molecular weight is 768 g/mol. The van der Waals surface area contributed by atoms with Crippen molar-refractivity contribution in [2.24, 2.45) is 0 Å². The van der Waals surface area contributed by atoms with Crippen LogP contribution in [0.2, 0.25) is 0 Å². The van der Waals surface area contributed by atoms with Crippen LogP contribution in [0.25, 0.3) is 0 Å². The van der Waals surface area contributed by atoms with E-state index in [9.17, 15) is 123 Å². The molecule has 1 unspecified atom stereocenters. The molecule has 0 aromatic heterocycles. The summed E-state index contributed by atoms with van der Waals surface area (Å²) in [7, 11) is 0. The molecular formula is C18H7F27O2. The first kappa shape index (κ1) is 44.3. The second kappa shape index (κ2) is 11.4. The van der Waals surface area contributed by atoms with Crippen LogP contribution in [0.15, 0.2) is 12.7 Å². The van der Waals surface area contributed by atoms with Gasteiger partial charge in [-0.15, -0.1) is 0 Å². The fraction of sp³-hybridized carbons (Fsp3) is 0.833. The van der Waals surface area contributed by atoms with Gasteiger partial charge < -0.3 is 4.74 Å². The largest absolute Gasteiger partial charge is 0.462 e. The molecule has 0 aromatic rings. The van der Waals surface area contributed by atoms with Gasteiger partial charge in [-0.25, -0.2) is 9.18 Å². The molecule has 0 aromatic carbocycles. The van der Waals surface area contributed by atoms with E-state index in [-0.39, 0.29) is 6.08 Å². The summed E-state index contributed by atoms with van der Waals surface area (Å²) in [4.78, 5) is 10.7. The van der Waals surface area contributed by atoms with Gasteiger partial charge in [-0.3, -0.25) is 0 Å². The van der Waals surface area contributed by atoms with Crippen molar-refractivity contribution in [3.63, 3.8) is 0 Å². The lowest BCUT2D eigenvalue weighted by Crippen LogP contribution is -2.81. The second-order valence-electron chi connectivity index (χ2n) is 8.65. The lowest BCUT2D eigenvalue weighted by Gasteiger charge is -2.48. The maximum Gasteiger partial charge on any atom is 0.460 e. The summed E-state index contributed by atoms with van der Waals surface area (Å²) in [6.07, 6.45) is -20.7. The van der Waals surface area contributed by atoms with E-state index in [1.54, 1.807) is 0 Å². The van der Waals surface area contributed by atoms with E-state index in [4.69, 9.17) is 0 Å². The van der Waals surface area contributed by atoms with Crippen molar-refractivity contribution in [3.8, 4) is 0 Å². The Kier molecular flexibility index (Phi) is 10.8. The molecule has 0 spiro atoms. The number of halogens is 27. The number of carbonyl (C=O) groups excluding carboxylic acids is 1. The van der Waals surface area contributed by atoms with Gasteiger partial charge in [0.05, 0.1) is 13.0 Å². The lowest BCUT2D eigenvalue weighted by molar-refractivity contribution is -0.487. The van der Waals surface area contributed by atoms with Gasteiger partial charge in [-0.1, -0.05) is 6.58 Å². The van der Waals surface area contributed by atoms with Gasteiger partial charge >= 0.3 is 83.2 Å². The van der Waals surface area contributed by atoms with Crippen LogP contribution in [-0.4, -0.2) is 89.8 Å². The standard InChI is InChI=1S/C18H7F27O2/c1-2-5(46)47-4-3-6(19,20)8(22,23)7(21,17(40,41)42)9(24,25)10(26,27)11(28,29)12(30,31)13(32,33)14(34,35)15(36,37)16(38,39)18(43,44)45/h2H,1,3-4H2. The minimum absolute atomic E-state index is 0.0537. The van der Waals surface area contributed by atoms with Gasteiger partial charge in [0.15, 0.2) is 0 Å². The maximum absolute atomic E-state index is 14.5. The highest BCUT2D eigenvalue weighted by atomic mass is 19.4.